The van der Waals surface area contributed by atoms with Crippen LogP contribution in [-0.2, 0) is 9.53 Å². The minimum atomic E-state index is -0.757. The lowest BCUT2D eigenvalue weighted by Gasteiger charge is -2.24. The summed E-state index contributed by atoms with van der Waals surface area (Å²) in [6.45, 7) is 5.31. The average Bonchev–Trinajstić information content (AvgIpc) is 3.12. The van der Waals surface area contributed by atoms with Gasteiger partial charge in [-0.1, -0.05) is 54.3 Å². The van der Waals surface area contributed by atoms with Crippen molar-refractivity contribution in [2.45, 2.75) is 13.0 Å². The molecule has 3 aromatic rings. The summed E-state index contributed by atoms with van der Waals surface area (Å²) in [6, 6.07) is 12.5. The number of halogens is 1. The number of hydrogen-bond donors (Lipinski definition) is 0. The van der Waals surface area contributed by atoms with Crippen molar-refractivity contribution in [2.24, 2.45) is 4.99 Å². The molecule has 0 fully saturated rings. The molecule has 0 N–H and O–H groups in total. The first kappa shape index (κ1) is 22.4. The highest BCUT2D eigenvalue weighted by Crippen LogP contribution is 2.31. The Morgan fingerprint density at radius 2 is 1.97 bits per heavy atom. The van der Waals surface area contributed by atoms with Crippen LogP contribution in [0.5, 0.6) is 5.75 Å². The van der Waals surface area contributed by atoms with E-state index in [0.29, 0.717) is 31.9 Å². The van der Waals surface area contributed by atoms with E-state index >= 15 is 0 Å². The molecule has 0 bridgehead atoms. The van der Waals surface area contributed by atoms with Gasteiger partial charge in [0, 0.05) is 5.56 Å². The second-order valence-corrected chi connectivity index (χ2v) is 8.27. The van der Waals surface area contributed by atoms with E-state index in [2.05, 4.69) is 11.6 Å². The smallest absolute Gasteiger partial charge is 0.338 e. The summed E-state index contributed by atoms with van der Waals surface area (Å²) in [5, 5.41) is 0. The molecule has 6 nitrogen and oxygen atoms in total. The first-order chi connectivity index (χ1) is 15.9. The van der Waals surface area contributed by atoms with E-state index < -0.39 is 17.8 Å². The van der Waals surface area contributed by atoms with Crippen molar-refractivity contribution in [3.05, 3.63) is 109 Å². The molecule has 1 aliphatic rings. The fourth-order valence-corrected chi connectivity index (χ4v) is 4.67. The number of carbonyl (C=O) groups excluding carboxylic acids is 1. The Bertz CT molecular complexity index is 1430. The van der Waals surface area contributed by atoms with Crippen LogP contribution in [0.2, 0.25) is 0 Å². The van der Waals surface area contributed by atoms with Gasteiger partial charge >= 0.3 is 5.97 Å². The molecule has 0 aliphatic carbocycles. The number of benzene rings is 2. The van der Waals surface area contributed by atoms with Crippen LogP contribution in [-0.4, -0.2) is 24.3 Å². The maximum atomic E-state index is 14.2. The monoisotopic (exact) mass is 464 g/mol. The minimum Gasteiger partial charge on any atom is -0.497 e. The molecule has 2 aromatic carbocycles. The number of esters is 1. The van der Waals surface area contributed by atoms with Gasteiger partial charge < -0.3 is 9.47 Å². The number of fused-ring (bicyclic) bond motifs is 1. The number of methoxy groups -OCH3 is 1. The number of ether oxygens (including phenoxy) is 2. The van der Waals surface area contributed by atoms with Gasteiger partial charge in [0.25, 0.3) is 5.56 Å². The van der Waals surface area contributed by atoms with Gasteiger partial charge in [-0.3, -0.25) is 9.36 Å². The van der Waals surface area contributed by atoms with Crippen molar-refractivity contribution in [1.29, 1.82) is 0 Å². The summed E-state index contributed by atoms with van der Waals surface area (Å²) in [7, 11) is 1.56. The molecule has 2 heterocycles. The van der Waals surface area contributed by atoms with Gasteiger partial charge in [0.15, 0.2) is 4.80 Å². The van der Waals surface area contributed by atoms with E-state index in [1.165, 1.54) is 22.8 Å². The molecule has 8 heteroatoms. The largest absolute Gasteiger partial charge is 0.497 e. The summed E-state index contributed by atoms with van der Waals surface area (Å²) >= 11 is 1.14. The number of allylic oxidation sites excluding steroid dienone is 1. The maximum Gasteiger partial charge on any atom is 0.338 e. The number of carbonyl (C=O) groups is 1. The predicted octanol–water partition coefficient (Wildman–Crippen LogP) is 3.11. The first-order valence-corrected chi connectivity index (χ1v) is 10.9. The molecule has 4 rings (SSSR count). The third kappa shape index (κ3) is 4.29. The zero-order valence-corrected chi connectivity index (χ0v) is 18.9. The molecule has 33 heavy (non-hydrogen) atoms. The fraction of sp³-hybridized carbons (Fsp3) is 0.160. The van der Waals surface area contributed by atoms with Gasteiger partial charge in [-0.2, -0.15) is 0 Å². The van der Waals surface area contributed by atoms with Gasteiger partial charge in [-0.15, -0.1) is 0 Å². The van der Waals surface area contributed by atoms with E-state index in [1.54, 1.807) is 56.5 Å². The topological polar surface area (TPSA) is 69.9 Å². The van der Waals surface area contributed by atoms with E-state index in [-0.39, 0.29) is 17.7 Å². The Kier molecular flexibility index (Phi) is 6.37. The van der Waals surface area contributed by atoms with Gasteiger partial charge in [-0.25, -0.2) is 14.2 Å². The van der Waals surface area contributed by atoms with E-state index in [0.717, 1.165) is 11.3 Å². The van der Waals surface area contributed by atoms with Gasteiger partial charge in [-0.05, 0) is 36.8 Å². The summed E-state index contributed by atoms with van der Waals surface area (Å²) in [4.78, 5) is 31.4. The second kappa shape index (κ2) is 9.38. The number of thiazole rings is 1. The third-order valence-corrected chi connectivity index (χ3v) is 6.18. The normalized spacial score (nSPS) is 15.6. The first-order valence-electron chi connectivity index (χ1n) is 10.1. The van der Waals surface area contributed by atoms with Crippen LogP contribution in [0.3, 0.4) is 0 Å². The Balaban J connectivity index is 1.94. The van der Waals surface area contributed by atoms with Crippen molar-refractivity contribution < 1.29 is 18.7 Å². The summed E-state index contributed by atoms with van der Waals surface area (Å²) in [5.74, 6) is -0.373. The van der Waals surface area contributed by atoms with Crippen LogP contribution in [0, 0.1) is 5.82 Å². The number of nitrogens with zero attached hydrogens (tertiary/aromatic N) is 2. The highest BCUT2D eigenvalue weighted by molar-refractivity contribution is 7.07. The van der Waals surface area contributed by atoms with Crippen LogP contribution in [0.15, 0.2) is 82.2 Å². The number of aromatic nitrogens is 1. The SMILES string of the molecule is C=CCOC(=O)C1=C(C)N=c2s/c(=C/c3ccccc3F)c(=O)n2[C@H]1c1ccc(OC)cc1. The van der Waals surface area contributed by atoms with Gasteiger partial charge in [0.05, 0.1) is 29.0 Å². The van der Waals surface area contributed by atoms with Crippen LogP contribution in [0.25, 0.3) is 6.08 Å². The summed E-state index contributed by atoms with van der Waals surface area (Å²) in [6.07, 6.45) is 2.97. The van der Waals surface area contributed by atoms with Crippen molar-refractivity contribution in [3.63, 3.8) is 0 Å². The summed E-state index contributed by atoms with van der Waals surface area (Å²) in [5.41, 5.74) is 1.32. The Morgan fingerprint density at radius 3 is 2.64 bits per heavy atom. The minimum absolute atomic E-state index is 0.0304. The van der Waals surface area contributed by atoms with Gasteiger partial charge in [0.2, 0.25) is 0 Å². The molecule has 1 aliphatic heterocycles. The molecule has 168 valence electrons. The molecule has 0 saturated heterocycles. The van der Waals surface area contributed by atoms with Crippen molar-refractivity contribution in [3.8, 4) is 5.75 Å². The lowest BCUT2D eigenvalue weighted by molar-refractivity contribution is -0.138. The number of rotatable bonds is 6. The highest BCUT2D eigenvalue weighted by Gasteiger charge is 2.33. The van der Waals surface area contributed by atoms with E-state index in [1.807, 2.05) is 0 Å². The van der Waals surface area contributed by atoms with Crippen LogP contribution in [0.1, 0.15) is 24.1 Å². The molecule has 1 aromatic heterocycles. The lowest BCUT2D eigenvalue weighted by atomic mass is 9.96. The molecule has 0 spiro atoms. The second-order valence-electron chi connectivity index (χ2n) is 7.26. The van der Waals surface area contributed by atoms with Crippen molar-refractivity contribution in [2.75, 3.05) is 13.7 Å². The van der Waals surface area contributed by atoms with Crippen molar-refractivity contribution >= 4 is 23.4 Å². The number of hydrogen-bond acceptors (Lipinski definition) is 6. The van der Waals surface area contributed by atoms with Crippen LogP contribution >= 0.6 is 11.3 Å². The predicted molar refractivity (Wildman–Crippen MR) is 124 cm³/mol. The summed E-state index contributed by atoms with van der Waals surface area (Å²) < 4.78 is 26.5. The highest BCUT2D eigenvalue weighted by atomic mass is 32.1. The molecular weight excluding hydrogens is 443 g/mol. The van der Waals surface area contributed by atoms with Gasteiger partial charge in [0.1, 0.15) is 18.2 Å². The molecule has 0 saturated carbocycles. The Hall–Kier alpha value is -3.78. The third-order valence-electron chi connectivity index (χ3n) is 5.20. The quantitative estimate of drug-likeness (QED) is 0.415. The molecule has 1 atom stereocenters. The van der Waals surface area contributed by atoms with E-state index in [4.69, 9.17) is 9.47 Å². The van der Waals surface area contributed by atoms with Crippen LogP contribution in [0.4, 0.5) is 4.39 Å². The molecule has 0 radical (unpaired) electrons. The maximum absolute atomic E-state index is 14.2. The fourth-order valence-electron chi connectivity index (χ4n) is 3.63. The average molecular weight is 465 g/mol. The molecular formula is C25H21FN2O4S. The molecule has 0 unspecified atom stereocenters. The zero-order valence-electron chi connectivity index (χ0n) is 18.1. The standard InChI is InChI=1S/C25H21FN2O4S/c1-4-13-32-24(30)21-15(2)27-25-28(22(21)16-9-11-18(31-3)12-10-16)23(29)20(33-25)14-17-7-5-6-8-19(17)26/h4-12,14,22H,1,13H2,2-3H3/b20-14+/t22-/m0/s1. The van der Waals surface area contributed by atoms with Crippen molar-refractivity contribution in [1.82, 2.24) is 4.57 Å². The zero-order chi connectivity index (χ0) is 23.5. The lowest BCUT2D eigenvalue weighted by Crippen LogP contribution is -2.39. The van der Waals surface area contributed by atoms with Crippen LogP contribution < -0.4 is 19.6 Å². The Labute approximate surface area is 193 Å². The Morgan fingerprint density at radius 1 is 1.24 bits per heavy atom. The van der Waals surface area contributed by atoms with E-state index in [9.17, 15) is 14.0 Å². The molecule has 0 amide bonds.